The summed E-state index contributed by atoms with van der Waals surface area (Å²) >= 11 is 6.15. The highest BCUT2D eigenvalue weighted by atomic mass is 35.5. The third kappa shape index (κ3) is 6.05. The van der Waals surface area contributed by atoms with E-state index in [2.05, 4.69) is 22.0 Å². The van der Waals surface area contributed by atoms with Crippen molar-refractivity contribution in [2.24, 2.45) is 0 Å². The number of piperazine rings is 1. The van der Waals surface area contributed by atoms with Crippen molar-refractivity contribution in [3.8, 4) is 0 Å². The molecular formula is C23H28ClN3O2. The van der Waals surface area contributed by atoms with Crippen molar-refractivity contribution >= 4 is 29.0 Å². The Labute approximate surface area is 177 Å². The van der Waals surface area contributed by atoms with Crippen LogP contribution in [-0.2, 0) is 16.0 Å². The van der Waals surface area contributed by atoms with E-state index in [0.29, 0.717) is 13.0 Å². The van der Waals surface area contributed by atoms with Crippen molar-refractivity contribution in [2.75, 3.05) is 37.6 Å². The lowest BCUT2D eigenvalue weighted by atomic mass is 10.0. The van der Waals surface area contributed by atoms with Gasteiger partial charge in [-0.05, 0) is 43.5 Å². The van der Waals surface area contributed by atoms with Crippen LogP contribution in [0.5, 0.6) is 0 Å². The molecule has 1 heterocycles. The minimum Gasteiger partial charge on any atom is -0.369 e. The van der Waals surface area contributed by atoms with E-state index < -0.39 is 6.04 Å². The number of hydrogen-bond donors (Lipinski definition) is 1. The van der Waals surface area contributed by atoms with Crippen LogP contribution >= 0.6 is 11.6 Å². The minimum absolute atomic E-state index is 0.0246. The Hall–Kier alpha value is -2.37. The van der Waals surface area contributed by atoms with E-state index in [-0.39, 0.29) is 11.7 Å². The summed E-state index contributed by atoms with van der Waals surface area (Å²) in [6.45, 7) is 7.19. The van der Waals surface area contributed by atoms with Crippen molar-refractivity contribution in [3.05, 3.63) is 64.7 Å². The monoisotopic (exact) mass is 413 g/mol. The van der Waals surface area contributed by atoms with Crippen LogP contribution in [0.15, 0.2) is 48.5 Å². The second kappa shape index (κ2) is 9.90. The van der Waals surface area contributed by atoms with Crippen LogP contribution in [0.4, 0.5) is 5.69 Å². The van der Waals surface area contributed by atoms with Crippen molar-refractivity contribution in [1.82, 2.24) is 10.2 Å². The quantitative estimate of drug-likeness (QED) is 0.757. The van der Waals surface area contributed by atoms with Gasteiger partial charge in [-0.2, -0.15) is 0 Å². The minimum atomic E-state index is -0.486. The Morgan fingerprint density at radius 2 is 1.76 bits per heavy atom. The van der Waals surface area contributed by atoms with Gasteiger partial charge in [-0.15, -0.1) is 0 Å². The Bertz CT molecular complexity index is 848. The highest BCUT2D eigenvalue weighted by molar-refractivity contribution is 6.30. The van der Waals surface area contributed by atoms with Crippen molar-refractivity contribution in [2.45, 2.75) is 26.3 Å². The summed E-state index contributed by atoms with van der Waals surface area (Å²) in [5.41, 5.74) is 3.39. The maximum absolute atomic E-state index is 12.5. The van der Waals surface area contributed by atoms with Crippen LogP contribution in [0.2, 0.25) is 5.02 Å². The number of carbonyl (C=O) groups is 2. The molecule has 1 saturated heterocycles. The molecule has 2 aromatic carbocycles. The van der Waals surface area contributed by atoms with Crippen LogP contribution in [0.1, 0.15) is 18.1 Å². The SMILES string of the molecule is CC(=O)[C@@H](Cc1ccccc1)NC(=O)CN1CCN(c2cc(Cl)ccc2C)CC1. The van der Waals surface area contributed by atoms with E-state index >= 15 is 0 Å². The first-order valence-electron chi connectivity index (χ1n) is 9.99. The van der Waals surface area contributed by atoms with Gasteiger partial charge in [-0.1, -0.05) is 48.0 Å². The number of Topliss-reactive ketones (excluding diaryl/α,β-unsaturated/α-hetero) is 1. The summed E-state index contributed by atoms with van der Waals surface area (Å²) in [4.78, 5) is 29.0. The smallest absolute Gasteiger partial charge is 0.234 e. The molecule has 1 amide bonds. The molecule has 2 aromatic rings. The highest BCUT2D eigenvalue weighted by Crippen LogP contribution is 2.25. The van der Waals surface area contributed by atoms with Gasteiger partial charge in [-0.25, -0.2) is 0 Å². The fourth-order valence-electron chi connectivity index (χ4n) is 3.66. The molecule has 0 bridgehead atoms. The van der Waals surface area contributed by atoms with Gasteiger partial charge in [0.25, 0.3) is 0 Å². The number of hydrogen-bond acceptors (Lipinski definition) is 4. The number of rotatable bonds is 7. The third-order valence-electron chi connectivity index (χ3n) is 5.36. The van der Waals surface area contributed by atoms with E-state index in [1.165, 1.54) is 12.5 Å². The summed E-state index contributed by atoms with van der Waals surface area (Å²) in [6.07, 6.45) is 0.518. The van der Waals surface area contributed by atoms with Gasteiger partial charge < -0.3 is 10.2 Å². The molecular weight excluding hydrogens is 386 g/mol. The molecule has 0 unspecified atom stereocenters. The normalized spacial score (nSPS) is 15.8. The zero-order chi connectivity index (χ0) is 20.8. The molecule has 1 aliphatic heterocycles. The molecule has 5 nitrogen and oxygen atoms in total. The van der Waals surface area contributed by atoms with Gasteiger partial charge in [-0.3, -0.25) is 14.5 Å². The number of ketones is 1. The lowest BCUT2D eigenvalue weighted by Crippen LogP contribution is -2.51. The van der Waals surface area contributed by atoms with Gasteiger partial charge in [0.2, 0.25) is 5.91 Å². The molecule has 1 N–H and O–H groups in total. The number of amides is 1. The lowest BCUT2D eigenvalue weighted by molar-refractivity contribution is -0.127. The summed E-state index contributed by atoms with van der Waals surface area (Å²) in [6, 6.07) is 15.2. The molecule has 29 heavy (non-hydrogen) atoms. The molecule has 1 atom stereocenters. The number of anilines is 1. The molecule has 0 radical (unpaired) electrons. The molecule has 1 fully saturated rings. The zero-order valence-corrected chi connectivity index (χ0v) is 17.8. The number of nitrogens with zero attached hydrogens (tertiary/aromatic N) is 2. The Morgan fingerprint density at radius 1 is 1.07 bits per heavy atom. The maximum Gasteiger partial charge on any atom is 0.234 e. The van der Waals surface area contributed by atoms with E-state index in [1.54, 1.807) is 0 Å². The molecule has 0 spiro atoms. The molecule has 0 saturated carbocycles. The van der Waals surface area contributed by atoms with E-state index in [9.17, 15) is 9.59 Å². The standard InChI is InChI=1S/C23H28ClN3O2/c1-17-8-9-20(24)15-22(17)27-12-10-26(11-13-27)16-23(29)25-21(18(2)28)14-19-6-4-3-5-7-19/h3-9,15,21H,10-14,16H2,1-2H3,(H,25,29)/t21-/m1/s1. The van der Waals surface area contributed by atoms with Crippen molar-refractivity contribution in [1.29, 1.82) is 0 Å². The molecule has 0 aromatic heterocycles. The summed E-state index contributed by atoms with van der Waals surface area (Å²) in [7, 11) is 0. The topological polar surface area (TPSA) is 52.7 Å². The van der Waals surface area contributed by atoms with Crippen LogP contribution in [0, 0.1) is 6.92 Å². The van der Waals surface area contributed by atoms with E-state index in [1.807, 2.05) is 48.5 Å². The Kier molecular flexibility index (Phi) is 7.29. The zero-order valence-electron chi connectivity index (χ0n) is 17.0. The average molecular weight is 414 g/mol. The van der Waals surface area contributed by atoms with Crippen LogP contribution in [-0.4, -0.2) is 55.4 Å². The van der Waals surface area contributed by atoms with Gasteiger partial charge >= 0.3 is 0 Å². The first-order chi connectivity index (χ1) is 13.9. The Morgan fingerprint density at radius 3 is 2.41 bits per heavy atom. The fraction of sp³-hybridized carbons (Fsp3) is 0.391. The molecule has 154 valence electrons. The largest absolute Gasteiger partial charge is 0.369 e. The van der Waals surface area contributed by atoms with Gasteiger partial charge in [0, 0.05) is 36.9 Å². The van der Waals surface area contributed by atoms with E-state index in [4.69, 9.17) is 11.6 Å². The van der Waals surface area contributed by atoms with Crippen LogP contribution in [0.25, 0.3) is 0 Å². The summed E-state index contributed by atoms with van der Waals surface area (Å²) < 4.78 is 0. The first kappa shape index (κ1) is 21.3. The summed E-state index contributed by atoms with van der Waals surface area (Å²) in [5, 5.41) is 3.65. The van der Waals surface area contributed by atoms with Crippen molar-refractivity contribution in [3.63, 3.8) is 0 Å². The molecule has 6 heteroatoms. The van der Waals surface area contributed by atoms with Crippen LogP contribution in [0.3, 0.4) is 0 Å². The van der Waals surface area contributed by atoms with Crippen LogP contribution < -0.4 is 10.2 Å². The number of benzene rings is 2. The molecule has 3 rings (SSSR count). The van der Waals surface area contributed by atoms with E-state index in [0.717, 1.165) is 42.5 Å². The summed E-state index contributed by atoms with van der Waals surface area (Å²) in [5.74, 6) is -0.128. The lowest BCUT2D eigenvalue weighted by Gasteiger charge is -2.36. The number of halogens is 1. The number of nitrogens with one attached hydrogen (secondary N) is 1. The second-order valence-corrected chi connectivity index (χ2v) is 8.05. The maximum atomic E-state index is 12.5. The first-order valence-corrected chi connectivity index (χ1v) is 10.4. The average Bonchev–Trinajstić information content (AvgIpc) is 2.70. The molecule has 0 aliphatic carbocycles. The van der Waals surface area contributed by atoms with Gasteiger partial charge in [0.1, 0.15) is 0 Å². The number of carbonyl (C=O) groups excluding carboxylic acids is 2. The van der Waals surface area contributed by atoms with Gasteiger partial charge in [0.15, 0.2) is 5.78 Å². The van der Waals surface area contributed by atoms with Crippen molar-refractivity contribution < 1.29 is 9.59 Å². The third-order valence-corrected chi connectivity index (χ3v) is 5.60. The Balaban J connectivity index is 1.51. The number of aryl methyl sites for hydroxylation is 1. The second-order valence-electron chi connectivity index (χ2n) is 7.61. The molecule has 1 aliphatic rings. The predicted octanol–water partition coefficient (Wildman–Crippen LogP) is 3.09. The highest BCUT2D eigenvalue weighted by Gasteiger charge is 2.23. The fourth-order valence-corrected chi connectivity index (χ4v) is 3.83. The predicted molar refractivity (Wildman–Crippen MR) is 118 cm³/mol. The van der Waals surface area contributed by atoms with Gasteiger partial charge in [0.05, 0.1) is 12.6 Å².